The van der Waals surface area contributed by atoms with Crippen molar-refractivity contribution in [2.24, 2.45) is 5.92 Å². The highest BCUT2D eigenvalue weighted by molar-refractivity contribution is 9.10. The fourth-order valence-corrected chi connectivity index (χ4v) is 3.48. The lowest BCUT2D eigenvalue weighted by Gasteiger charge is -2.26. The van der Waals surface area contributed by atoms with Crippen molar-refractivity contribution in [2.45, 2.75) is 43.5 Å². The largest absolute Gasteiger partial charge is 0.313 e. The summed E-state index contributed by atoms with van der Waals surface area (Å²) in [6, 6.07) is 9.34. The van der Waals surface area contributed by atoms with E-state index in [0.717, 1.165) is 28.7 Å². The molecule has 0 bridgehead atoms. The first kappa shape index (κ1) is 14.4. The van der Waals surface area contributed by atoms with Crippen molar-refractivity contribution in [3.63, 3.8) is 0 Å². The van der Waals surface area contributed by atoms with Gasteiger partial charge in [-0.2, -0.15) is 0 Å². The molecule has 100 valence electrons. The van der Waals surface area contributed by atoms with Gasteiger partial charge in [0, 0.05) is 27.7 Å². The second-order valence-electron chi connectivity index (χ2n) is 5.21. The number of halogens is 1. The Balaban J connectivity index is 1.60. The van der Waals surface area contributed by atoms with Crippen molar-refractivity contribution < 1.29 is 0 Å². The third-order valence-electron chi connectivity index (χ3n) is 3.63. The third-order valence-corrected chi connectivity index (χ3v) is 5.18. The molecular weight excluding hydrogens is 306 g/mol. The van der Waals surface area contributed by atoms with Gasteiger partial charge < -0.3 is 5.32 Å². The van der Waals surface area contributed by atoms with Crippen LogP contribution < -0.4 is 5.32 Å². The predicted molar refractivity (Wildman–Crippen MR) is 84.3 cm³/mol. The molecule has 1 fully saturated rings. The molecule has 1 N–H and O–H groups in total. The zero-order chi connectivity index (χ0) is 12.8. The van der Waals surface area contributed by atoms with E-state index in [-0.39, 0.29) is 0 Å². The van der Waals surface area contributed by atoms with Gasteiger partial charge in [-0.3, -0.25) is 0 Å². The van der Waals surface area contributed by atoms with E-state index in [0.29, 0.717) is 0 Å². The molecule has 1 nitrogen and oxygen atoms in total. The van der Waals surface area contributed by atoms with Crippen molar-refractivity contribution in [1.82, 2.24) is 5.32 Å². The molecule has 1 aliphatic carbocycles. The molecule has 0 aromatic heterocycles. The van der Waals surface area contributed by atoms with Gasteiger partial charge in [0.2, 0.25) is 0 Å². The van der Waals surface area contributed by atoms with Crippen LogP contribution in [0.25, 0.3) is 0 Å². The summed E-state index contributed by atoms with van der Waals surface area (Å²) in [5.74, 6) is 2.11. The Hall–Kier alpha value is 0.01000. The maximum Gasteiger partial charge on any atom is 0.0176 e. The van der Waals surface area contributed by atoms with E-state index < -0.39 is 0 Å². The van der Waals surface area contributed by atoms with Gasteiger partial charge in [0.1, 0.15) is 0 Å². The van der Waals surface area contributed by atoms with E-state index in [2.05, 4.69) is 52.4 Å². The van der Waals surface area contributed by atoms with Gasteiger partial charge in [0.25, 0.3) is 0 Å². The normalized spacial score (nSPS) is 24.1. The van der Waals surface area contributed by atoms with Crippen LogP contribution in [-0.4, -0.2) is 18.3 Å². The number of hydrogen-bond acceptors (Lipinski definition) is 2. The lowest BCUT2D eigenvalue weighted by atomic mass is 9.87. The zero-order valence-electron chi connectivity index (χ0n) is 11.0. The number of benzene rings is 1. The standard InChI is InChI=1S/C15H22BrNS/c1-12-2-6-14(7-3-12)17-10-11-18-15-8-4-13(16)5-9-15/h4-5,8-9,12,14,17H,2-3,6-7,10-11H2,1H3. The van der Waals surface area contributed by atoms with Gasteiger partial charge in [0.15, 0.2) is 0 Å². The molecule has 3 heteroatoms. The van der Waals surface area contributed by atoms with Gasteiger partial charge in [-0.05, 0) is 55.9 Å². The minimum atomic E-state index is 0.770. The van der Waals surface area contributed by atoms with Crippen LogP contribution in [0.2, 0.25) is 0 Å². The van der Waals surface area contributed by atoms with E-state index >= 15 is 0 Å². The Bertz CT molecular complexity index is 344. The molecule has 0 aliphatic heterocycles. The first-order valence-electron chi connectivity index (χ1n) is 6.86. The highest BCUT2D eigenvalue weighted by atomic mass is 79.9. The van der Waals surface area contributed by atoms with Gasteiger partial charge in [-0.1, -0.05) is 22.9 Å². The third kappa shape index (κ3) is 4.94. The Morgan fingerprint density at radius 3 is 2.50 bits per heavy atom. The van der Waals surface area contributed by atoms with E-state index in [1.807, 2.05) is 11.8 Å². The molecule has 0 heterocycles. The summed E-state index contributed by atoms with van der Waals surface area (Å²) in [5.41, 5.74) is 0. The minimum Gasteiger partial charge on any atom is -0.313 e. The Kier molecular flexibility index (Phi) is 6.06. The van der Waals surface area contributed by atoms with Crippen molar-refractivity contribution in [2.75, 3.05) is 12.3 Å². The fraction of sp³-hybridized carbons (Fsp3) is 0.600. The number of nitrogens with one attached hydrogen (secondary N) is 1. The van der Waals surface area contributed by atoms with Crippen LogP contribution in [0, 0.1) is 5.92 Å². The number of rotatable bonds is 5. The summed E-state index contributed by atoms with van der Waals surface area (Å²) in [6.45, 7) is 3.50. The van der Waals surface area contributed by atoms with Crippen LogP contribution in [0.1, 0.15) is 32.6 Å². The summed E-state index contributed by atoms with van der Waals surface area (Å²) >= 11 is 5.40. The van der Waals surface area contributed by atoms with E-state index in [1.54, 1.807) is 0 Å². The van der Waals surface area contributed by atoms with Crippen molar-refractivity contribution in [3.05, 3.63) is 28.7 Å². The highest BCUT2D eigenvalue weighted by Gasteiger charge is 2.16. The second-order valence-corrected chi connectivity index (χ2v) is 7.30. The summed E-state index contributed by atoms with van der Waals surface area (Å²) < 4.78 is 1.15. The second kappa shape index (κ2) is 7.56. The molecule has 0 atom stereocenters. The molecule has 1 saturated carbocycles. The number of hydrogen-bond donors (Lipinski definition) is 1. The van der Waals surface area contributed by atoms with Crippen LogP contribution in [-0.2, 0) is 0 Å². The molecule has 1 aliphatic rings. The lowest BCUT2D eigenvalue weighted by Crippen LogP contribution is -2.34. The fourth-order valence-electron chi connectivity index (χ4n) is 2.43. The van der Waals surface area contributed by atoms with Crippen molar-refractivity contribution in [1.29, 1.82) is 0 Å². The molecule has 1 aromatic rings. The maximum absolute atomic E-state index is 3.69. The van der Waals surface area contributed by atoms with Crippen LogP contribution in [0.5, 0.6) is 0 Å². The maximum atomic E-state index is 3.69. The molecule has 18 heavy (non-hydrogen) atoms. The highest BCUT2D eigenvalue weighted by Crippen LogP contribution is 2.24. The first-order chi connectivity index (χ1) is 8.74. The molecule has 2 rings (SSSR count). The predicted octanol–water partition coefficient (Wildman–Crippen LogP) is 4.71. The van der Waals surface area contributed by atoms with E-state index in [9.17, 15) is 0 Å². The van der Waals surface area contributed by atoms with Crippen LogP contribution in [0.3, 0.4) is 0 Å². The zero-order valence-corrected chi connectivity index (χ0v) is 13.4. The monoisotopic (exact) mass is 327 g/mol. The van der Waals surface area contributed by atoms with Gasteiger partial charge >= 0.3 is 0 Å². The molecule has 0 spiro atoms. The van der Waals surface area contributed by atoms with Crippen LogP contribution >= 0.6 is 27.7 Å². The average Bonchev–Trinajstić information content (AvgIpc) is 2.39. The van der Waals surface area contributed by atoms with Crippen molar-refractivity contribution >= 4 is 27.7 Å². The van der Waals surface area contributed by atoms with Crippen molar-refractivity contribution in [3.8, 4) is 0 Å². The van der Waals surface area contributed by atoms with E-state index in [1.165, 1.54) is 30.6 Å². The average molecular weight is 328 g/mol. The molecule has 0 saturated heterocycles. The molecule has 0 amide bonds. The molecule has 0 radical (unpaired) electrons. The van der Waals surface area contributed by atoms with Crippen LogP contribution in [0.4, 0.5) is 0 Å². The Morgan fingerprint density at radius 1 is 1.17 bits per heavy atom. The van der Waals surface area contributed by atoms with Gasteiger partial charge in [0.05, 0.1) is 0 Å². The van der Waals surface area contributed by atoms with Gasteiger partial charge in [-0.15, -0.1) is 11.8 Å². The Morgan fingerprint density at radius 2 is 1.83 bits per heavy atom. The summed E-state index contributed by atoms with van der Waals surface area (Å²) in [5, 5.41) is 3.69. The Labute approximate surface area is 123 Å². The SMILES string of the molecule is CC1CCC(NCCSc2ccc(Br)cc2)CC1. The lowest BCUT2D eigenvalue weighted by molar-refractivity contribution is 0.312. The summed E-state index contributed by atoms with van der Waals surface area (Å²) in [6.07, 6.45) is 5.53. The quantitative estimate of drug-likeness (QED) is 0.620. The smallest absolute Gasteiger partial charge is 0.0176 e. The molecule has 0 unspecified atom stereocenters. The summed E-state index contributed by atoms with van der Waals surface area (Å²) in [4.78, 5) is 1.36. The first-order valence-corrected chi connectivity index (χ1v) is 8.63. The van der Waals surface area contributed by atoms with E-state index in [4.69, 9.17) is 0 Å². The molecule has 1 aromatic carbocycles. The van der Waals surface area contributed by atoms with Gasteiger partial charge in [-0.25, -0.2) is 0 Å². The molecular formula is C15H22BrNS. The topological polar surface area (TPSA) is 12.0 Å². The van der Waals surface area contributed by atoms with Crippen LogP contribution in [0.15, 0.2) is 33.6 Å². The minimum absolute atomic E-state index is 0.770. The number of thioether (sulfide) groups is 1. The summed E-state index contributed by atoms with van der Waals surface area (Å²) in [7, 11) is 0.